The van der Waals surface area contributed by atoms with Crippen molar-refractivity contribution in [3.05, 3.63) is 39.9 Å². The molecule has 106 valence electrons. The highest BCUT2D eigenvalue weighted by molar-refractivity contribution is 7.18. The van der Waals surface area contributed by atoms with Crippen LogP contribution in [0.3, 0.4) is 0 Å². The number of anilines is 1. The summed E-state index contributed by atoms with van der Waals surface area (Å²) in [5, 5.41) is 3.81. The van der Waals surface area contributed by atoms with E-state index in [0.29, 0.717) is 11.7 Å². The number of carbonyl (C=O) groups is 1. The van der Waals surface area contributed by atoms with Crippen molar-refractivity contribution in [3.8, 4) is 5.75 Å². The van der Waals surface area contributed by atoms with Gasteiger partial charge in [0.1, 0.15) is 5.75 Å². The lowest BCUT2D eigenvalue weighted by Crippen LogP contribution is -2.01. The lowest BCUT2D eigenvalue weighted by Gasteiger charge is -2.08. The summed E-state index contributed by atoms with van der Waals surface area (Å²) in [5.41, 5.74) is 0.987. The summed E-state index contributed by atoms with van der Waals surface area (Å²) < 4.78 is 9.89. The number of carbonyl (C=O) groups excluding carboxylic acids is 1. The number of rotatable bonds is 5. The van der Waals surface area contributed by atoms with E-state index in [2.05, 4.69) is 15.0 Å². The summed E-state index contributed by atoms with van der Waals surface area (Å²) in [6.45, 7) is 0.522. The van der Waals surface area contributed by atoms with Gasteiger partial charge in [-0.3, -0.25) is 0 Å². The maximum atomic E-state index is 11.4. The highest BCUT2D eigenvalue weighted by Crippen LogP contribution is 2.28. The highest BCUT2D eigenvalue weighted by Gasteiger charge is 2.17. The molecule has 0 spiro atoms. The maximum absolute atomic E-state index is 11.4. The Kier molecular flexibility index (Phi) is 4.81. The molecule has 0 aliphatic carbocycles. The summed E-state index contributed by atoms with van der Waals surface area (Å²) in [4.78, 5) is 15.8. The zero-order valence-electron chi connectivity index (χ0n) is 11.0. The van der Waals surface area contributed by atoms with Crippen molar-refractivity contribution in [1.82, 2.24) is 4.98 Å². The van der Waals surface area contributed by atoms with E-state index in [-0.39, 0.29) is 10.0 Å². The SMILES string of the molecule is COC(=O)c1sc(NCc2ccccc2OC)nc1Cl. The largest absolute Gasteiger partial charge is 0.496 e. The second kappa shape index (κ2) is 6.58. The zero-order valence-corrected chi connectivity index (χ0v) is 12.5. The highest BCUT2D eigenvalue weighted by atomic mass is 35.5. The minimum Gasteiger partial charge on any atom is -0.496 e. The third kappa shape index (κ3) is 3.20. The van der Waals surface area contributed by atoms with E-state index >= 15 is 0 Å². The Morgan fingerprint density at radius 3 is 2.85 bits per heavy atom. The molecule has 0 saturated heterocycles. The molecular formula is C13H13ClN2O3S. The van der Waals surface area contributed by atoms with Gasteiger partial charge in [0.05, 0.1) is 14.2 Å². The van der Waals surface area contributed by atoms with Crippen LogP contribution in [0.4, 0.5) is 5.13 Å². The topological polar surface area (TPSA) is 60.5 Å². The second-order valence-corrected chi connectivity index (χ2v) is 5.15. The third-order valence-corrected chi connectivity index (χ3v) is 3.96. The summed E-state index contributed by atoms with van der Waals surface area (Å²) in [6.07, 6.45) is 0. The van der Waals surface area contributed by atoms with Gasteiger partial charge < -0.3 is 14.8 Å². The van der Waals surface area contributed by atoms with Gasteiger partial charge in [0.25, 0.3) is 0 Å². The molecular weight excluding hydrogens is 300 g/mol. The molecule has 0 atom stereocenters. The number of nitrogens with zero attached hydrogens (tertiary/aromatic N) is 1. The van der Waals surface area contributed by atoms with Gasteiger partial charge in [-0.25, -0.2) is 9.78 Å². The molecule has 0 amide bonds. The first-order valence-electron chi connectivity index (χ1n) is 5.76. The summed E-state index contributed by atoms with van der Waals surface area (Å²) in [6, 6.07) is 7.65. The van der Waals surface area contributed by atoms with Gasteiger partial charge in [-0.2, -0.15) is 0 Å². The Morgan fingerprint density at radius 1 is 1.40 bits per heavy atom. The van der Waals surface area contributed by atoms with Crippen molar-refractivity contribution in [3.63, 3.8) is 0 Å². The van der Waals surface area contributed by atoms with Gasteiger partial charge in [-0.15, -0.1) is 0 Å². The van der Waals surface area contributed by atoms with Crippen LogP contribution in [-0.4, -0.2) is 25.2 Å². The quantitative estimate of drug-likeness (QED) is 0.859. The molecule has 0 saturated carbocycles. The van der Waals surface area contributed by atoms with E-state index in [1.807, 2.05) is 24.3 Å². The van der Waals surface area contributed by atoms with Crippen LogP contribution in [0.2, 0.25) is 5.15 Å². The minimum atomic E-state index is -0.488. The first-order chi connectivity index (χ1) is 9.65. The maximum Gasteiger partial charge on any atom is 0.351 e. The van der Waals surface area contributed by atoms with Crippen molar-refractivity contribution >= 4 is 34.0 Å². The molecule has 2 aromatic rings. The Morgan fingerprint density at radius 2 is 2.15 bits per heavy atom. The van der Waals surface area contributed by atoms with Gasteiger partial charge in [0.2, 0.25) is 0 Å². The summed E-state index contributed by atoms with van der Waals surface area (Å²) in [7, 11) is 2.93. The monoisotopic (exact) mass is 312 g/mol. The lowest BCUT2D eigenvalue weighted by molar-refractivity contribution is 0.0606. The number of hydrogen-bond donors (Lipinski definition) is 1. The standard InChI is InChI=1S/C13H13ClN2O3S/c1-18-9-6-4-3-5-8(9)7-15-13-16-11(14)10(20-13)12(17)19-2/h3-6H,7H2,1-2H3,(H,15,16). The molecule has 0 aliphatic rings. The smallest absolute Gasteiger partial charge is 0.351 e. The number of esters is 1. The molecule has 0 bridgehead atoms. The average Bonchev–Trinajstić information content (AvgIpc) is 2.85. The molecule has 1 heterocycles. The van der Waals surface area contributed by atoms with E-state index < -0.39 is 5.97 Å². The van der Waals surface area contributed by atoms with Crippen LogP contribution < -0.4 is 10.1 Å². The predicted molar refractivity (Wildman–Crippen MR) is 78.8 cm³/mol. The molecule has 20 heavy (non-hydrogen) atoms. The minimum absolute atomic E-state index is 0.143. The first kappa shape index (κ1) is 14.6. The average molecular weight is 313 g/mol. The molecule has 1 N–H and O–H groups in total. The normalized spacial score (nSPS) is 10.2. The molecule has 1 aromatic heterocycles. The number of aromatic nitrogens is 1. The number of halogens is 1. The Balaban J connectivity index is 2.10. The van der Waals surface area contributed by atoms with Crippen LogP contribution in [0, 0.1) is 0 Å². The van der Waals surface area contributed by atoms with Crippen LogP contribution in [0.15, 0.2) is 24.3 Å². The third-order valence-electron chi connectivity index (χ3n) is 2.58. The van der Waals surface area contributed by atoms with E-state index in [9.17, 15) is 4.79 Å². The van der Waals surface area contributed by atoms with Crippen molar-refractivity contribution in [2.45, 2.75) is 6.54 Å². The number of ether oxygens (including phenoxy) is 2. The van der Waals surface area contributed by atoms with Gasteiger partial charge in [-0.05, 0) is 6.07 Å². The van der Waals surface area contributed by atoms with Crippen LogP contribution in [0.25, 0.3) is 0 Å². The van der Waals surface area contributed by atoms with E-state index in [0.717, 1.165) is 22.6 Å². The van der Waals surface area contributed by atoms with Crippen molar-refractivity contribution in [2.75, 3.05) is 19.5 Å². The van der Waals surface area contributed by atoms with Gasteiger partial charge in [-0.1, -0.05) is 41.1 Å². The Bertz CT molecular complexity index is 615. The number of thiazole rings is 1. The van der Waals surface area contributed by atoms with E-state index in [1.54, 1.807) is 7.11 Å². The van der Waals surface area contributed by atoms with Crippen LogP contribution >= 0.6 is 22.9 Å². The molecule has 0 radical (unpaired) electrons. The molecule has 1 aromatic carbocycles. The Labute approximate surface area is 125 Å². The van der Waals surface area contributed by atoms with Gasteiger partial charge >= 0.3 is 5.97 Å². The summed E-state index contributed by atoms with van der Waals surface area (Å²) >= 11 is 7.05. The number of methoxy groups -OCH3 is 2. The molecule has 0 fully saturated rings. The molecule has 2 rings (SSSR count). The number of benzene rings is 1. The fourth-order valence-corrected chi connectivity index (χ4v) is 2.71. The lowest BCUT2D eigenvalue weighted by atomic mass is 10.2. The molecule has 7 heteroatoms. The Hall–Kier alpha value is -1.79. The first-order valence-corrected chi connectivity index (χ1v) is 6.95. The molecule has 0 aliphatic heterocycles. The number of hydrogen-bond acceptors (Lipinski definition) is 6. The zero-order chi connectivity index (χ0) is 14.5. The molecule has 5 nitrogen and oxygen atoms in total. The van der Waals surface area contributed by atoms with E-state index in [4.69, 9.17) is 16.3 Å². The van der Waals surface area contributed by atoms with Crippen LogP contribution in [0.1, 0.15) is 15.2 Å². The predicted octanol–water partition coefficient (Wildman–Crippen LogP) is 3.20. The van der Waals surface area contributed by atoms with Crippen molar-refractivity contribution in [1.29, 1.82) is 0 Å². The van der Waals surface area contributed by atoms with Gasteiger partial charge in [0, 0.05) is 12.1 Å². The summed E-state index contributed by atoms with van der Waals surface area (Å²) in [5.74, 6) is 0.300. The molecule has 0 unspecified atom stereocenters. The fourth-order valence-electron chi connectivity index (χ4n) is 1.62. The van der Waals surface area contributed by atoms with Crippen LogP contribution in [0.5, 0.6) is 5.75 Å². The van der Waals surface area contributed by atoms with Crippen molar-refractivity contribution in [2.24, 2.45) is 0 Å². The van der Waals surface area contributed by atoms with Gasteiger partial charge in [0.15, 0.2) is 15.2 Å². The van der Waals surface area contributed by atoms with E-state index in [1.165, 1.54) is 7.11 Å². The number of para-hydroxylation sites is 1. The number of nitrogens with one attached hydrogen (secondary N) is 1. The van der Waals surface area contributed by atoms with Crippen LogP contribution in [-0.2, 0) is 11.3 Å². The second-order valence-electron chi connectivity index (χ2n) is 3.80. The van der Waals surface area contributed by atoms with Crippen molar-refractivity contribution < 1.29 is 14.3 Å². The fraction of sp³-hybridized carbons (Fsp3) is 0.231.